The number of carbonyl (C=O) groups is 2. The first-order valence-electron chi connectivity index (χ1n) is 7.40. The molecular formula is C14H29DyN2O3S-. The Labute approximate surface area is 165 Å². The summed E-state index contributed by atoms with van der Waals surface area (Å²) >= 11 is 4.38. The zero-order chi connectivity index (χ0) is 15.6. The number of aliphatic hydroxyl groups is 1. The fourth-order valence-corrected chi connectivity index (χ4v) is 1.36. The predicted octanol–water partition coefficient (Wildman–Crippen LogP) is 1.82. The molecule has 0 aliphatic heterocycles. The number of amides is 2. The van der Waals surface area contributed by atoms with Crippen LogP contribution in [-0.2, 0) is 22.4 Å². The molecule has 0 aliphatic rings. The van der Waals surface area contributed by atoms with Crippen LogP contribution in [0.3, 0.4) is 0 Å². The van der Waals surface area contributed by atoms with Crippen LogP contribution < -0.4 is 10.0 Å². The number of nitrogens with one attached hydrogen (secondary N) is 2. The second-order valence-electron chi connectivity index (χ2n) is 4.51. The molecule has 0 aliphatic carbocycles. The maximum Gasteiger partial charge on any atom is 0.220 e. The Kier molecular flexibility index (Phi) is 28.7. The van der Waals surface area contributed by atoms with Crippen molar-refractivity contribution < 1.29 is 52.9 Å². The fraction of sp³-hybridized carbons (Fsp3) is 0.857. The van der Waals surface area contributed by atoms with Crippen LogP contribution in [-0.4, -0.2) is 30.1 Å². The van der Waals surface area contributed by atoms with Crippen LogP contribution in [0.1, 0.15) is 65.2 Å². The van der Waals surface area contributed by atoms with Gasteiger partial charge in [0.05, 0.1) is 6.61 Å². The summed E-state index contributed by atoms with van der Waals surface area (Å²) in [7, 11) is 0. The Bertz CT molecular complexity index is 242. The molecular weight excluding hydrogens is 439 g/mol. The van der Waals surface area contributed by atoms with Gasteiger partial charge in [0.15, 0.2) is 5.91 Å². The van der Waals surface area contributed by atoms with E-state index in [0.717, 1.165) is 25.7 Å². The van der Waals surface area contributed by atoms with Gasteiger partial charge in [-0.05, 0) is 12.8 Å². The standard InChI is InChI=1S/C10H19N2O3S.C4H10.Dy/c13-8-7-11-9(14)5-3-1-2-4-6-10(15)12-16;1-3-4-2;/h13H,1-8H2,(H2-,11,12,14,15,16);3-4H2,1-2H3;/q-1;;. The summed E-state index contributed by atoms with van der Waals surface area (Å²) in [5.74, 6) is -0.145. The van der Waals surface area contributed by atoms with Crippen LogP contribution in [0.4, 0.5) is 0 Å². The third-order valence-electron chi connectivity index (χ3n) is 2.61. The minimum Gasteiger partial charge on any atom is -0.668 e. The van der Waals surface area contributed by atoms with Crippen molar-refractivity contribution in [2.45, 2.75) is 65.2 Å². The van der Waals surface area contributed by atoms with E-state index in [1.165, 1.54) is 12.8 Å². The topological polar surface area (TPSA) is 78.4 Å². The van der Waals surface area contributed by atoms with Gasteiger partial charge in [0.25, 0.3) is 0 Å². The van der Waals surface area contributed by atoms with Gasteiger partial charge in [0.2, 0.25) is 5.91 Å². The number of unbranched alkanes of at least 4 members (excludes halogenated alkanes) is 4. The summed E-state index contributed by atoms with van der Waals surface area (Å²) in [5, 5.41) is 11.1. The van der Waals surface area contributed by atoms with Crippen molar-refractivity contribution in [3.05, 3.63) is 0 Å². The van der Waals surface area contributed by atoms with Gasteiger partial charge in [0, 0.05) is 57.6 Å². The molecule has 21 heavy (non-hydrogen) atoms. The van der Waals surface area contributed by atoms with Gasteiger partial charge in [-0.25, -0.2) is 0 Å². The average Bonchev–Trinajstić information content (AvgIpc) is 2.48. The van der Waals surface area contributed by atoms with E-state index >= 15 is 0 Å². The van der Waals surface area contributed by atoms with Gasteiger partial charge in [-0.1, -0.05) is 39.5 Å². The zero-order valence-electron chi connectivity index (χ0n) is 13.1. The molecule has 0 bridgehead atoms. The third-order valence-corrected chi connectivity index (χ3v) is 2.83. The summed E-state index contributed by atoms with van der Waals surface area (Å²) in [4.78, 5) is 21.9. The van der Waals surface area contributed by atoms with E-state index in [9.17, 15) is 9.59 Å². The third kappa shape index (κ3) is 25.8. The first-order chi connectivity index (χ1) is 9.62. The number of rotatable bonds is 10. The van der Waals surface area contributed by atoms with Gasteiger partial charge in [-0.2, -0.15) is 0 Å². The summed E-state index contributed by atoms with van der Waals surface area (Å²) in [6, 6.07) is 0. The molecule has 0 radical (unpaired) electrons. The summed E-state index contributed by atoms with van der Waals surface area (Å²) in [6.45, 7) is 4.65. The Hall–Kier alpha value is 0.523. The van der Waals surface area contributed by atoms with E-state index < -0.39 is 0 Å². The number of hydrogen-bond acceptors (Lipinski definition) is 4. The van der Waals surface area contributed by atoms with E-state index in [0.29, 0.717) is 19.4 Å². The fourth-order valence-electron chi connectivity index (χ4n) is 1.26. The molecule has 0 spiro atoms. The SMILES string of the molecule is CCCC.O=C(CCCCCCC(=O)NCCO)N[S-].[Dy]. The summed E-state index contributed by atoms with van der Waals surface area (Å²) < 4.78 is 2.15. The first kappa shape index (κ1) is 26.4. The maximum atomic E-state index is 11.1. The van der Waals surface area contributed by atoms with Crippen LogP contribution in [0.2, 0.25) is 0 Å². The largest absolute Gasteiger partial charge is 0.668 e. The van der Waals surface area contributed by atoms with Crippen LogP contribution in [0.25, 0.3) is 0 Å². The molecule has 3 N–H and O–H groups in total. The molecule has 7 heteroatoms. The molecule has 5 nitrogen and oxygen atoms in total. The molecule has 2 amide bonds. The smallest absolute Gasteiger partial charge is 0.220 e. The van der Waals surface area contributed by atoms with E-state index in [2.05, 4.69) is 36.7 Å². The second-order valence-corrected chi connectivity index (χ2v) is 4.72. The maximum absolute atomic E-state index is 11.1. The minimum absolute atomic E-state index is 0. The van der Waals surface area contributed by atoms with Gasteiger partial charge in [-0.15, -0.1) is 0 Å². The van der Waals surface area contributed by atoms with Gasteiger partial charge in [-0.3, -0.25) is 9.59 Å². The van der Waals surface area contributed by atoms with Crippen molar-refractivity contribution in [3.8, 4) is 0 Å². The average molecular weight is 468 g/mol. The van der Waals surface area contributed by atoms with E-state index in [4.69, 9.17) is 5.11 Å². The summed E-state index contributed by atoms with van der Waals surface area (Å²) in [6.07, 6.45) is 7.05. The molecule has 0 aromatic carbocycles. The number of aliphatic hydroxyl groups excluding tert-OH is 1. The quantitative estimate of drug-likeness (QED) is 0.338. The van der Waals surface area contributed by atoms with Crippen LogP contribution in [0.5, 0.6) is 0 Å². The van der Waals surface area contributed by atoms with Crippen molar-refractivity contribution in [1.82, 2.24) is 10.0 Å². The molecule has 0 atom stereocenters. The van der Waals surface area contributed by atoms with Crippen LogP contribution in [0.15, 0.2) is 0 Å². The Morgan fingerprint density at radius 1 is 0.952 bits per heavy atom. The van der Waals surface area contributed by atoms with Gasteiger partial charge in [0.1, 0.15) is 0 Å². The Morgan fingerprint density at radius 2 is 1.43 bits per heavy atom. The van der Waals surface area contributed by atoms with Crippen molar-refractivity contribution in [2.75, 3.05) is 13.2 Å². The van der Waals surface area contributed by atoms with E-state index in [1.54, 1.807) is 0 Å². The normalized spacial score (nSPS) is 8.95. The number of hydrogen-bond donors (Lipinski definition) is 3. The van der Waals surface area contributed by atoms with E-state index in [1.807, 2.05) is 0 Å². The zero-order valence-corrected chi connectivity index (χ0v) is 15.9. The minimum atomic E-state index is -0.115. The summed E-state index contributed by atoms with van der Waals surface area (Å²) in [5.41, 5.74) is 0. The van der Waals surface area contributed by atoms with Crippen molar-refractivity contribution in [3.63, 3.8) is 0 Å². The van der Waals surface area contributed by atoms with Crippen molar-refractivity contribution >= 4 is 24.6 Å². The van der Waals surface area contributed by atoms with Crippen LogP contribution >= 0.6 is 0 Å². The molecule has 0 aromatic rings. The molecule has 0 aromatic heterocycles. The molecule has 0 rings (SSSR count). The molecule has 0 heterocycles. The first-order valence-corrected chi connectivity index (χ1v) is 7.81. The Balaban J connectivity index is -0.000000572. The molecule has 130 valence electrons. The molecule has 0 saturated carbocycles. The molecule has 0 saturated heterocycles. The van der Waals surface area contributed by atoms with Crippen molar-refractivity contribution in [2.24, 2.45) is 0 Å². The van der Waals surface area contributed by atoms with Gasteiger partial charge >= 0.3 is 0 Å². The van der Waals surface area contributed by atoms with Crippen LogP contribution in [0, 0.1) is 38.2 Å². The van der Waals surface area contributed by atoms with Gasteiger partial charge < -0.3 is 28.0 Å². The molecule has 0 unspecified atom stereocenters. The number of carbonyl (C=O) groups excluding carboxylic acids is 2. The molecule has 0 fully saturated rings. The van der Waals surface area contributed by atoms with Crippen molar-refractivity contribution in [1.29, 1.82) is 0 Å². The Morgan fingerprint density at radius 3 is 1.81 bits per heavy atom. The monoisotopic (exact) mass is 469 g/mol. The predicted molar refractivity (Wildman–Crippen MR) is 83.9 cm³/mol. The van der Waals surface area contributed by atoms with E-state index in [-0.39, 0.29) is 56.6 Å². The second kappa shape index (κ2) is 22.8.